The van der Waals surface area contributed by atoms with Crippen molar-refractivity contribution >= 4 is 34.0 Å². The highest BCUT2D eigenvalue weighted by molar-refractivity contribution is 7.84. The van der Waals surface area contributed by atoms with Gasteiger partial charge in [0.15, 0.2) is 0 Å². The molecule has 0 radical (unpaired) electrons. The minimum Gasteiger partial charge on any atom is -0.459 e. The summed E-state index contributed by atoms with van der Waals surface area (Å²) in [7, 11) is -1.08. The Kier molecular flexibility index (Phi) is 7.88. The number of carbonyl (C=O) groups is 1. The number of pyridine rings is 1. The zero-order valence-electron chi connectivity index (χ0n) is 20.1. The first kappa shape index (κ1) is 25.9. The van der Waals surface area contributed by atoms with Crippen molar-refractivity contribution in [2.45, 2.75) is 31.5 Å². The Morgan fingerprint density at radius 3 is 2.51 bits per heavy atom. The molecule has 8 nitrogen and oxygen atoms in total. The Hall–Kier alpha value is -4.18. The number of ether oxygens (including phenoxy) is 1. The van der Waals surface area contributed by atoms with E-state index in [2.05, 4.69) is 9.82 Å². The third-order valence-electron chi connectivity index (χ3n) is 5.90. The van der Waals surface area contributed by atoms with Crippen molar-refractivity contribution in [3.05, 3.63) is 110 Å². The number of fused-ring (bicyclic) bond motifs is 1. The second-order valence-electron chi connectivity index (χ2n) is 8.37. The average Bonchev–Trinajstić information content (AvgIpc) is 3.12. The number of nitrogens with zero attached hydrogens (tertiary/aromatic N) is 2. The zero-order chi connectivity index (χ0) is 26.5. The van der Waals surface area contributed by atoms with Crippen molar-refractivity contribution < 1.29 is 28.1 Å². The van der Waals surface area contributed by atoms with E-state index in [1.54, 1.807) is 36.6 Å². The maximum absolute atomic E-state index is 14.1. The van der Waals surface area contributed by atoms with Gasteiger partial charge < -0.3 is 9.57 Å². The first-order valence-electron chi connectivity index (χ1n) is 11.2. The number of halogens is 1. The number of esters is 1. The highest BCUT2D eigenvalue weighted by Crippen LogP contribution is 2.44. The maximum Gasteiger partial charge on any atom is 0.310 e. The van der Waals surface area contributed by atoms with E-state index in [4.69, 9.17) is 4.74 Å². The quantitative estimate of drug-likeness (QED) is 0.218. The zero-order valence-corrected chi connectivity index (χ0v) is 20.9. The van der Waals surface area contributed by atoms with Crippen LogP contribution in [0.25, 0.3) is 17.2 Å². The number of aromatic nitrogens is 1. The Morgan fingerprint density at radius 1 is 1.11 bits per heavy atom. The molecule has 10 heteroatoms. The highest BCUT2D eigenvalue weighted by Gasteiger charge is 2.26. The largest absolute Gasteiger partial charge is 0.459 e. The first-order valence-corrected chi connectivity index (χ1v) is 12.8. The smallest absolute Gasteiger partial charge is 0.310 e. The minimum absolute atomic E-state index is 0.0534. The molecule has 0 aliphatic heterocycles. The van der Waals surface area contributed by atoms with Crippen LogP contribution in [0.15, 0.2) is 71.3 Å². The standard InChI is InChI=1S/C27H23FN2O6S/c1-17-24(11-18-4-8-22(9-5-18)37(2)34)23-10-6-20(28)12-26(23)25(17)13-27(31)35-16-21-7-3-19(14-29-21)15-36-30(32)33/h3-12,14H,13,15-16H2,1-2H3/b24-11-. The van der Waals surface area contributed by atoms with Crippen LogP contribution in [0.5, 0.6) is 0 Å². The summed E-state index contributed by atoms with van der Waals surface area (Å²) in [5, 5.41) is 9.41. The van der Waals surface area contributed by atoms with Gasteiger partial charge in [0, 0.05) is 28.1 Å². The number of hydrogen-bond donors (Lipinski definition) is 0. The van der Waals surface area contributed by atoms with E-state index in [0.29, 0.717) is 22.4 Å². The van der Waals surface area contributed by atoms with Gasteiger partial charge in [-0.3, -0.25) is 14.0 Å². The molecule has 0 spiro atoms. The molecular weight excluding hydrogens is 499 g/mol. The summed E-state index contributed by atoms with van der Waals surface area (Å²) in [6.45, 7) is 1.59. The molecule has 1 unspecified atom stereocenters. The molecule has 0 N–H and O–H groups in total. The molecule has 1 heterocycles. The lowest BCUT2D eigenvalue weighted by atomic mass is 10.0. The van der Waals surface area contributed by atoms with Crippen molar-refractivity contribution in [3.63, 3.8) is 0 Å². The molecule has 2 aromatic carbocycles. The number of carbonyl (C=O) groups excluding carboxylic acids is 1. The van der Waals surface area contributed by atoms with Crippen molar-refractivity contribution in [2.75, 3.05) is 6.26 Å². The van der Waals surface area contributed by atoms with Crippen LogP contribution in [0.2, 0.25) is 0 Å². The first-order chi connectivity index (χ1) is 17.7. The molecule has 4 rings (SSSR count). The van der Waals surface area contributed by atoms with Crippen molar-refractivity contribution in [1.82, 2.24) is 4.98 Å². The van der Waals surface area contributed by atoms with Gasteiger partial charge in [-0.1, -0.05) is 24.3 Å². The van der Waals surface area contributed by atoms with Crippen molar-refractivity contribution in [2.24, 2.45) is 0 Å². The third kappa shape index (κ3) is 6.34. The van der Waals surface area contributed by atoms with Crippen LogP contribution in [-0.4, -0.2) is 26.5 Å². The summed E-state index contributed by atoms with van der Waals surface area (Å²) < 4.78 is 31.2. The monoisotopic (exact) mass is 522 g/mol. The van der Waals surface area contributed by atoms with Crippen LogP contribution < -0.4 is 0 Å². The van der Waals surface area contributed by atoms with Gasteiger partial charge in [-0.15, -0.1) is 10.1 Å². The topological polar surface area (TPSA) is 109 Å². The molecule has 1 aliphatic rings. The van der Waals surface area contributed by atoms with E-state index >= 15 is 0 Å². The van der Waals surface area contributed by atoms with E-state index < -0.39 is 27.7 Å². The number of allylic oxidation sites excluding steroid dienone is 2. The van der Waals surface area contributed by atoms with Crippen LogP contribution in [0.3, 0.4) is 0 Å². The predicted molar refractivity (Wildman–Crippen MR) is 136 cm³/mol. The summed E-state index contributed by atoms with van der Waals surface area (Å²) in [4.78, 5) is 32.1. The van der Waals surface area contributed by atoms with Crippen molar-refractivity contribution in [3.8, 4) is 0 Å². The summed E-state index contributed by atoms with van der Waals surface area (Å²) in [6.07, 6.45) is 4.94. The average molecular weight is 523 g/mol. The Balaban J connectivity index is 1.50. The van der Waals surface area contributed by atoms with Crippen LogP contribution in [0.4, 0.5) is 4.39 Å². The van der Waals surface area contributed by atoms with Crippen molar-refractivity contribution in [1.29, 1.82) is 0 Å². The lowest BCUT2D eigenvalue weighted by Crippen LogP contribution is -2.07. The molecule has 190 valence electrons. The van der Waals surface area contributed by atoms with Gasteiger partial charge in [-0.05, 0) is 82.3 Å². The van der Waals surface area contributed by atoms with Gasteiger partial charge in [-0.25, -0.2) is 4.39 Å². The molecule has 0 amide bonds. The SMILES string of the molecule is CC1=C(CC(=O)OCc2ccc(CO[N+](=O)[O-])cn2)c2cc(F)ccc2/C1=C\c1ccc(S(C)=O)cc1. The fourth-order valence-corrected chi connectivity index (χ4v) is 4.53. The maximum atomic E-state index is 14.1. The Bertz CT molecular complexity index is 1430. The van der Waals surface area contributed by atoms with Gasteiger partial charge in [-0.2, -0.15) is 0 Å². The normalized spacial score (nSPS) is 14.4. The van der Waals surface area contributed by atoms with Crippen LogP contribution in [0, 0.1) is 15.9 Å². The lowest BCUT2D eigenvalue weighted by molar-refractivity contribution is -0.763. The number of hydrogen-bond acceptors (Lipinski definition) is 7. The van der Waals surface area contributed by atoms with Crippen LogP contribution in [-0.2, 0) is 38.4 Å². The molecule has 37 heavy (non-hydrogen) atoms. The second-order valence-corrected chi connectivity index (χ2v) is 9.75. The highest BCUT2D eigenvalue weighted by atomic mass is 32.2. The number of rotatable bonds is 9. The molecule has 0 saturated carbocycles. The molecule has 0 saturated heterocycles. The lowest BCUT2D eigenvalue weighted by Gasteiger charge is -2.08. The van der Waals surface area contributed by atoms with E-state index in [1.807, 2.05) is 25.1 Å². The van der Waals surface area contributed by atoms with E-state index in [0.717, 1.165) is 27.2 Å². The molecule has 1 atom stereocenters. The molecule has 1 aromatic heterocycles. The molecular formula is C27H23FN2O6S. The summed E-state index contributed by atoms with van der Waals surface area (Å²) in [5.74, 6) is -0.901. The predicted octanol–water partition coefficient (Wildman–Crippen LogP) is 5.13. The Morgan fingerprint density at radius 2 is 1.86 bits per heavy atom. The van der Waals surface area contributed by atoms with Gasteiger partial charge in [0.1, 0.15) is 19.0 Å². The third-order valence-corrected chi connectivity index (χ3v) is 6.84. The molecule has 0 fully saturated rings. The van der Waals surface area contributed by atoms with E-state index in [9.17, 15) is 23.5 Å². The molecule has 3 aromatic rings. The van der Waals surface area contributed by atoms with Gasteiger partial charge in [0.2, 0.25) is 0 Å². The van der Waals surface area contributed by atoms with Crippen LogP contribution >= 0.6 is 0 Å². The summed E-state index contributed by atoms with van der Waals surface area (Å²) in [5.41, 5.74) is 5.72. The van der Waals surface area contributed by atoms with Gasteiger partial charge in [0.25, 0.3) is 5.09 Å². The number of benzene rings is 2. The van der Waals surface area contributed by atoms with Gasteiger partial charge >= 0.3 is 5.97 Å². The molecule has 0 bridgehead atoms. The molecule has 1 aliphatic carbocycles. The van der Waals surface area contributed by atoms with Gasteiger partial charge in [0.05, 0.1) is 12.1 Å². The summed E-state index contributed by atoms with van der Waals surface area (Å²) in [6, 6.07) is 15.0. The summed E-state index contributed by atoms with van der Waals surface area (Å²) >= 11 is 0. The van der Waals surface area contributed by atoms with E-state index in [-0.39, 0.29) is 19.6 Å². The second kappa shape index (κ2) is 11.3. The van der Waals surface area contributed by atoms with Crippen LogP contribution in [0.1, 0.15) is 41.3 Å². The van der Waals surface area contributed by atoms with E-state index in [1.165, 1.54) is 18.3 Å². The minimum atomic E-state index is -1.08. The fraction of sp³-hybridized carbons (Fsp3) is 0.185. The fourth-order valence-electron chi connectivity index (χ4n) is 4.01. The Labute approximate surface area is 215 Å².